The maximum atomic E-state index is 14.5. The second kappa shape index (κ2) is 19.2. The van der Waals surface area contributed by atoms with Crippen LogP contribution in [0.5, 0.6) is 0 Å². The van der Waals surface area contributed by atoms with Gasteiger partial charge in [0.25, 0.3) is 0 Å². The molecule has 3 amide bonds. The summed E-state index contributed by atoms with van der Waals surface area (Å²) in [5, 5.41) is 11.2. The molecule has 0 saturated carbocycles. The van der Waals surface area contributed by atoms with Gasteiger partial charge in [-0.3, -0.25) is 19.4 Å². The molecule has 3 heterocycles. The Hall–Kier alpha value is -4.72. The zero-order chi connectivity index (χ0) is 38.7. The minimum Gasteiger partial charge on any atom is -0.361 e. The maximum Gasteiger partial charge on any atom is 0.245 e. The molecule has 0 radical (unpaired) electrons. The number of pyridine rings is 1. The Balaban J connectivity index is 1.42. The molecule has 0 saturated heterocycles. The Morgan fingerprint density at radius 3 is 2.47 bits per heavy atom. The van der Waals surface area contributed by atoms with Crippen molar-refractivity contribution in [1.82, 2.24) is 30.8 Å². The summed E-state index contributed by atoms with van der Waals surface area (Å²) in [6.45, 7) is 1.41. The number of carbonyl (C=O) groups excluding carboxylic acids is 3. The van der Waals surface area contributed by atoms with Crippen molar-refractivity contribution in [1.29, 1.82) is 0 Å². The number of unbranched alkanes of at least 4 members (excludes halogenated alkanes) is 1. The summed E-state index contributed by atoms with van der Waals surface area (Å²) in [7, 11) is 1.64. The number of hydrogen-bond acceptors (Lipinski definition) is 8. The van der Waals surface area contributed by atoms with Crippen LogP contribution in [0.1, 0.15) is 48.8 Å². The van der Waals surface area contributed by atoms with Crippen molar-refractivity contribution >= 4 is 52.0 Å². The maximum absolute atomic E-state index is 14.5. The van der Waals surface area contributed by atoms with Gasteiger partial charge in [-0.1, -0.05) is 65.8 Å². The standard InChI is InChI=1S/C42H49ClN8O3S/c1-51-37(22-30-25-47-34-13-3-2-11-32(30)34)41(53)49-24-29-9-6-12-33(43)39(29)55-38-17-16-27(28-10-8-20-46-23-28)21-31(38)26-48-35(15-7-19-45)40(52)50-36(42(51)54)14-4-5-18-44/h2-3,6,8-13,16-17,20-21,23,25,35-37,47-48H,4-5,7,14-15,18-19,22,24,26,44-45H2,1H3,(H,49,53)(H,50,52). The van der Waals surface area contributed by atoms with Crippen molar-refractivity contribution in [3.63, 3.8) is 0 Å². The monoisotopic (exact) mass is 780 g/mol. The van der Waals surface area contributed by atoms with E-state index in [9.17, 15) is 14.4 Å². The average molecular weight is 781 g/mol. The smallest absolute Gasteiger partial charge is 0.245 e. The van der Waals surface area contributed by atoms with Gasteiger partial charge in [0, 0.05) is 65.8 Å². The van der Waals surface area contributed by atoms with E-state index in [4.69, 9.17) is 23.1 Å². The molecule has 0 aliphatic carbocycles. The van der Waals surface area contributed by atoms with Crippen molar-refractivity contribution < 1.29 is 14.4 Å². The van der Waals surface area contributed by atoms with Crippen LogP contribution in [0.2, 0.25) is 5.02 Å². The highest BCUT2D eigenvalue weighted by atomic mass is 35.5. The summed E-state index contributed by atoms with van der Waals surface area (Å²) in [6, 6.07) is 21.2. The highest BCUT2D eigenvalue weighted by Crippen LogP contribution is 2.39. The van der Waals surface area contributed by atoms with Gasteiger partial charge in [0.1, 0.15) is 12.1 Å². The predicted molar refractivity (Wildman–Crippen MR) is 219 cm³/mol. The summed E-state index contributed by atoms with van der Waals surface area (Å²) >= 11 is 8.41. The fourth-order valence-corrected chi connectivity index (χ4v) is 8.33. The normalized spacial score (nSPS) is 18.7. The number of benzene rings is 3. The number of nitrogens with two attached hydrogens (primary N) is 2. The number of carbonyl (C=O) groups is 3. The lowest BCUT2D eigenvalue weighted by atomic mass is 10.0. The van der Waals surface area contributed by atoms with Gasteiger partial charge in [0.15, 0.2) is 0 Å². The number of aromatic nitrogens is 2. The van der Waals surface area contributed by atoms with Gasteiger partial charge < -0.3 is 37.3 Å². The van der Waals surface area contributed by atoms with Gasteiger partial charge in [-0.2, -0.15) is 0 Å². The second-order valence-electron chi connectivity index (χ2n) is 13.9. The lowest BCUT2D eigenvalue weighted by Crippen LogP contribution is -2.57. The Morgan fingerprint density at radius 1 is 0.855 bits per heavy atom. The molecular formula is C42H49ClN8O3S. The average Bonchev–Trinajstić information content (AvgIpc) is 3.62. The van der Waals surface area contributed by atoms with E-state index in [1.165, 1.54) is 16.7 Å². The van der Waals surface area contributed by atoms with Crippen LogP contribution < -0.4 is 27.4 Å². The van der Waals surface area contributed by atoms with Crippen LogP contribution in [-0.4, -0.2) is 70.9 Å². The summed E-state index contributed by atoms with van der Waals surface area (Å²) in [6.07, 6.45) is 8.45. The third-order valence-electron chi connectivity index (χ3n) is 10.1. The van der Waals surface area contributed by atoms with E-state index in [0.29, 0.717) is 56.8 Å². The van der Waals surface area contributed by atoms with Gasteiger partial charge in [0.05, 0.1) is 11.1 Å². The van der Waals surface area contributed by atoms with Gasteiger partial charge >= 0.3 is 0 Å². The van der Waals surface area contributed by atoms with Crippen LogP contribution in [0.15, 0.2) is 101 Å². The van der Waals surface area contributed by atoms with E-state index in [-0.39, 0.29) is 30.7 Å². The minimum atomic E-state index is -0.885. The van der Waals surface area contributed by atoms with Crippen LogP contribution in [0.3, 0.4) is 0 Å². The number of halogens is 1. The largest absolute Gasteiger partial charge is 0.361 e. The van der Waals surface area contributed by atoms with Crippen molar-refractivity contribution in [2.75, 3.05) is 20.1 Å². The number of rotatable bonds is 10. The van der Waals surface area contributed by atoms with E-state index in [2.05, 4.69) is 38.1 Å². The molecule has 2 aromatic heterocycles. The third-order valence-corrected chi connectivity index (χ3v) is 11.8. The fourth-order valence-electron chi connectivity index (χ4n) is 6.96. The molecule has 3 atom stereocenters. The molecule has 6 rings (SSSR count). The molecule has 0 fully saturated rings. The number of nitrogens with one attached hydrogen (secondary N) is 4. The number of H-pyrrole nitrogens is 1. The Labute approximate surface area is 331 Å². The number of fused-ring (bicyclic) bond motifs is 3. The predicted octanol–water partition coefficient (Wildman–Crippen LogP) is 5.54. The van der Waals surface area contributed by atoms with Gasteiger partial charge in [-0.05, 0) is 103 Å². The van der Waals surface area contributed by atoms with Gasteiger partial charge in [-0.15, -0.1) is 0 Å². The molecule has 1 aliphatic heterocycles. The van der Waals surface area contributed by atoms with Crippen LogP contribution in [0.25, 0.3) is 22.0 Å². The van der Waals surface area contributed by atoms with Crippen LogP contribution in [0.4, 0.5) is 0 Å². The Bertz CT molecular complexity index is 2090. The van der Waals surface area contributed by atoms with Crippen molar-refractivity contribution in [2.24, 2.45) is 11.5 Å². The summed E-state index contributed by atoms with van der Waals surface area (Å²) in [5.74, 6) is -0.976. The first-order chi connectivity index (χ1) is 26.8. The molecule has 288 valence electrons. The van der Waals surface area contributed by atoms with E-state index >= 15 is 0 Å². The Kier molecular flexibility index (Phi) is 14.0. The minimum absolute atomic E-state index is 0.188. The highest BCUT2D eigenvalue weighted by Gasteiger charge is 2.34. The molecule has 55 heavy (non-hydrogen) atoms. The molecule has 11 nitrogen and oxygen atoms in total. The number of hydrogen-bond donors (Lipinski definition) is 6. The summed E-state index contributed by atoms with van der Waals surface area (Å²) in [4.78, 5) is 53.9. The van der Waals surface area contributed by atoms with Crippen LogP contribution in [-0.2, 0) is 33.9 Å². The number of aromatic amines is 1. The van der Waals surface area contributed by atoms with E-state index in [0.717, 1.165) is 48.5 Å². The third kappa shape index (κ3) is 9.94. The molecule has 8 N–H and O–H groups in total. The molecule has 0 bridgehead atoms. The molecule has 0 spiro atoms. The highest BCUT2D eigenvalue weighted by molar-refractivity contribution is 7.99. The SMILES string of the molecule is CN1C(=O)C(CCCCN)NC(=O)C(CCCN)NCc2cc(-c3cccnc3)ccc2Sc2c(Cl)cccc2CNC(=O)C1Cc1c[nH]c2ccccc12. The number of nitrogens with zero attached hydrogens (tertiary/aromatic N) is 2. The molecular weight excluding hydrogens is 732 g/mol. The topological polar surface area (TPSA) is 171 Å². The molecule has 1 aliphatic rings. The zero-order valence-corrected chi connectivity index (χ0v) is 32.6. The molecule has 13 heteroatoms. The van der Waals surface area contributed by atoms with E-state index in [1.807, 2.05) is 73.1 Å². The summed E-state index contributed by atoms with van der Waals surface area (Å²) < 4.78 is 0. The lowest BCUT2D eigenvalue weighted by molar-refractivity contribution is -0.142. The van der Waals surface area contributed by atoms with E-state index < -0.39 is 18.1 Å². The number of amides is 3. The molecule has 5 aromatic rings. The van der Waals surface area contributed by atoms with Crippen molar-refractivity contribution in [2.45, 2.75) is 79.5 Å². The van der Waals surface area contributed by atoms with Gasteiger partial charge in [0.2, 0.25) is 17.7 Å². The Morgan fingerprint density at radius 2 is 1.67 bits per heavy atom. The first-order valence-corrected chi connectivity index (χ1v) is 20.0. The summed E-state index contributed by atoms with van der Waals surface area (Å²) in [5.41, 5.74) is 17.3. The second-order valence-corrected chi connectivity index (χ2v) is 15.3. The lowest BCUT2D eigenvalue weighted by Gasteiger charge is -2.32. The number of para-hydroxylation sites is 1. The van der Waals surface area contributed by atoms with Crippen molar-refractivity contribution in [3.05, 3.63) is 113 Å². The van der Waals surface area contributed by atoms with Crippen molar-refractivity contribution in [3.8, 4) is 11.1 Å². The molecule has 3 unspecified atom stereocenters. The molecule has 3 aromatic carbocycles. The van der Waals surface area contributed by atoms with Gasteiger partial charge in [-0.25, -0.2) is 0 Å². The first-order valence-electron chi connectivity index (χ1n) is 18.8. The zero-order valence-electron chi connectivity index (χ0n) is 31.0. The van der Waals surface area contributed by atoms with Crippen LogP contribution in [0, 0.1) is 0 Å². The van der Waals surface area contributed by atoms with Crippen LogP contribution >= 0.6 is 23.4 Å². The quantitative estimate of drug-likeness (QED) is 0.100. The number of likely N-dealkylation sites (N-methyl/N-ethyl adjacent to an activating group) is 1. The fraction of sp³-hybridized carbons (Fsp3) is 0.333. The van der Waals surface area contributed by atoms with E-state index in [1.54, 1.807) is 13.2 Å². The first kappa shape index (κ1) is 40.0.